The van der Waals surface area contributed by atoms with E-state index in [1.807, 2.05) is 48.5 Å². The van der Waals surface area contributed by atoms with Gasteiger partial charge >= 0.3 is 0 Å². The van der Waals surface area contributed by atoms with Crippen molar-refractivity contribution >= 4 is 76.7 Å². The van der Waals surface area contributed by atoms with Gasteiger partial charge in [-0.15, -0.1) is 0 Å². The highest BCUT2D eigenvalue weighted by Crippen LogP contribution is 2.44. The van der Waals surface area contributed by atoms with Gasteiger partial charge in [0.2, 0.25) is 0 Å². The number of fused-ring (bicyclic) bond motifs is 11. The Balaban J connectivity index is 1.27. The van der Waals surface area contributed by atoms with Crippen molar-refractivity contribution in [1.82, 2.24) is 4.98 Å². The van der Waals surface area contributed by atoms with E-state index in [1.54, 1.807) is 0 Å². The standard InChI is InChI=1S/C45H25NO3/c1-5-19-37-35(13-1)45-41(36-14-4-8-22-40(36)49-45)42(46-37)28-24-26(29-15-9-17-33-31-11-2-6-20-38(31)47-43(29)33)23-27(25-28)30-16-10-18-34-32-12-3-7-21-39(32)48-44(30)34/h1-25H. The molecule has 0 atom stereocenters. The summed E-state index contributed by atoms with van der Waals surface area (Å²) >= 11 is 0. The smallest absolute Gasteiger partial charge is 0.147 e. The van der Waals surface area contributed by atoms with Crippen molar-refractivity contribution in [1.29, 1.82) is 0 Å². The van der Waals surface area contributed by atoms with Gasteiger partial charge in [0.05, 0.1) is 16.6 Å². The zero-order chi connectivity index (χ0) is 32.1. The first-order chi connectivity index (χ1) is 24.3. The Labute approximate surface area is 279 Å². The van der Waals surface area contributed by atoms with Crippen molar-refractivity contribution in [2.24, 2.45) is 0 Å². The third kappa shape index (κ3) is 3.83. The first kappa shape index (κ1) is 26.4. The van der Waals surface area contributed by atoms with Crippen molar-refractivity contribution in [3.63, 3.8) is 0 Å². The van der Waals surface area contributed by atoms with Crippen LogP contribution in [0.3, 0.4) is 0 Å². The van der Waals surface area contributed by atoms with Crippen LogP contribution >= 0.6 is 0 Å². The second-order valence-corrected chi connectivity index (χ2v) is 12.6. The van der Waals surface area contributed by atoms with Crippen LogP contribution in [0.4, 0.5) is 0 Å². The van der Waals surface area contributed by atoms with E-state index in [-0.39, 0.29) is 0 Å². The van der Waals surface area contributed by atoms with E-state index in [9.17, 15) is 0 Å². The topological polar surface area (TPSA) is 52.3 Å². The van der Waals surface area contributed by atoms with Gasteiger partial charge in [-0.05, 0) is 59.7 Å². The van der Waals surface area contributed by atoms with Gasteiger partial charge < -0.3 is 13.3 Å². The molecule has 11 rings (SSSR count). The van der Waals surface area contributed by atoms with Crippen LogP contribution < -0.4 is 0 Å². The Bertz CT molecular complexity index is 2990. The third-order valence-corrected chi connectivity index (χ3v) is 9.85. The zero-order valence-corrected chi connectivity index (χ0v) is 26.1. The summed E-state index contributed by atoms with van der Waals surface area (Å²) in [4.78, 5) is 5.35. The van der Waals surface area contributed by atoms with E-state index in [4.69, 9.17) is 18.2 Å². The number of hydrogen-bond donors (Lipinski definition) is 0. The molecule has 0 N–H and O–H groups in total. The fraction of sp³-hybridized carbons (Fsp3) is 0. The molecule has 49 heavy (non-hydrogen) atoms. The third-order valence-electron chi connectivity index (χ3n) is 9.85. The molecule has 7 aromatic carbocycles. The molecule has 0 unspecified atom stereocenters. The van der Waals surface area contributed by atoms with E-state index >= 15 is 0 Å². The molecular weight excluding hydrogens is 602 g/mol. The zero-order valence-electron chi connectivity index (χ0n) is 26.1. The van der Waals surface area contributed by atoms with E-state index in [1.165, 1.54) is 0 Å². The van der Waals surface area contributed by atoms with Crippen LogP contribution in [-0.4, -0.2) is 4.98 Å². The highest BCUT2D eigenvalue weighted by atomic mass is 16.3. The van der Waals surface area contributed by atoms with Crippen molar-refractivity contribution in [3.05, 3.63) is 152 Å². The number of aromatic nitrogens is 1. The molecule has 4 heterocycles. The SMILES string of the molecule is c1ccc2c(c1)nc(-c1cc(-c3cccc4c3oc3ccccc34)cc(-c3cccc4c3oc3ccccc34)c1)c1c3ccccc3oc21. The summed E-state index contributed by atoms with van der Waals surface area (Å²) in [6.45, 7) is 0. The van der Waals surface area contributed by atoms with Gasteiger partial charge in [-0.1, -0.05) is 103 Å². The van der Waals surface area contributed by atoms with Gasteiger partial charge in [-0.3, -0.25) is 0 Å². The average Bonchev–Trinajstić information content (AvgIpc) is 3.86. The highest BCUT2D eigenvalue weighted by Gasteiger charge is 2.21. The first-order valence-corrected chi connectivity index (χ1v) is 16.5. The Morgan fingerprint density at radius 1 is 0.347 bits per heavy atom. The van der Waals surface area contributed by atoms with Crippen LogP contribution in [0.5, 0.6) is 0 Å². The minimum atomic E-state index is 0.840. The summed E-state index contributed by atoms with van der Waals surface area (Å²) < 4.78 is 19.7. The number of hydrogen-bond acceptors (Lipinski definition) is 4. The highest BCUT2D eigenvalue weighted by molar-refractivity contribution is 6.20. The minimum Gasteiger partial charge on any atom is -0.455 e. The van der Waals surface area contributed by atoms with Crippen LogP contribution in [0.2, 0.25) is 0 Å². The lowest BCUT2D eigenvalue weighted by molar-refractivity contribution is 0.670. The van der Waals surface area contributed by atoms with E-state index in [2.05, 4.69) is 103 Å². The van der Waals surface area contributed by atoms with E-state index in [0.29, 0.717) is 0 Å². The first-order valence-electron chi connectivity index (χ1n) is 16.5. The number of rotatable bonds is 3. The van der Waals surface area contributed by atoms with Crippen molar-refractivity contribution in [2.45, 2.75) is 0 Å². The monoisotopic (exact) mass is 627 g/mol. The summed E-state index contributed by atoms with van der Waals surface area (Å²) in [6, 6.07) is 52.4. The summed E-state index contributed by atoms with van der Waals surface area (Å²) in [5, 5.41) is 7.42. The molecule has 0 radical (unpaired) electrons. The normalized spacial score (nSPS) is 12.1. The number of furan rings is 3. The maximum absolute atomic E-state index is 6.57. The number of benzene rings is 7. The van der Waals surface area contributed by atoms with E-state index in [0.717, 1.165) is 110 Å². The van der Waals surface area contributed by atoms with Crippen LogP contribution in [-0.2, 0) is 0 Å². The predicted octanol–water partition coefficient (Wildman–Crippen LogP) is 12.9. The molecule has 0 aliphatic heterocycles. The molecule has 11 aromatic rings. The molecule has 0 aliphatic carbocycles. The second-order valence-electron chi connectivity index (χ2n) is 12.6. The molecule has 0 saturated heterocycles. The van der Waals surface area contributed by atoms with Crippen LogP contribution in [0.1, 0.15) is 0 Å². The predicted molar refractivity (Wildman–Crippen MR) is 200 cm³/mol. The summed E-state index contributed by atoms with van der Waals surface area (Å²) in [5.41, 5.74) is 12.0. The summed E-state index contributed by atoms with van der Waals surface area (Å²) in [7, 11) is 0. The van der Waals surface area contributed by atoms with Crippen molar-refractivity contribution in [2.75, 3.05) is 0 Å². The Morgan fingerprint density at radius 3 is 1.41 bits per heavy atom. The largest absolute Gasteiger partial charge is 0.455 e. The molecule has 4 aromatic heterocycles. The minimum absolute atomic E-state index is 0.840. The maximum atomic E-state index is 6.57. The molecule has 0 aliphatic rings. The number of nitrogens with zero attached hydrogens (tertiary/aromatic N) is 1. The molecule has 228 valence electrons. The maximum Gasteiger partial charge on any atom is 0.147 e. The fourth-order valence-corrected chi connectivity index (χ4v) is 7.64. The quantitative estimate of drug-likeness (QED) is 0.196. The van der Waals surface area contributed by atoms with Crippen LogP contribution in [0, 0.1) is 0 Å². The molecule has 0 amide bonds. The lowest BCUT2D eigenvalue weighted by Crippen LogP contribution is -1.91. The Morgan fingerprint density at radius 2 is 0.796 bits per heavy atom. The van der Waals surface area contributed by atoms with Gasteiger partial charge in [0.1, 0.15) is 33.5 Å². The molecule has 4 nitrogen and oxygen atoms in total. The molecule has 0 spiro atoms. The average molecular weight is 628 g/mol. The molecule has 0 bridgehead atoms. The molecule has 0 saturated carbocycles. The lowest BCUT2D eigenvalue weighted by Gasteiger charge is -2.13. The van der Waals surface area contributed by atoms with Gasteiger partial charge in [0.25, 0.3) is 0 Å². The molecule has 4 heteroatoms. The fourth-order valence-electron chi connectivity index (χ4n) is 7.64. The van der Waals surface area contributed by atoms with Gasteiger partial charge in [-0.2, -0.15) is 0 Å². The van der Waals surface area contributed by atoms with E-state index < -0.39 is 0 Å². The lowest BCUT2D eigenvalue weighted by atomic mass is 9.92. The molecular formula is C45H25NO3. The van der Waals surface area contributed by atoms with Crippen LogP contribution in [0.15, 0.2) is 165 Å². The number of para-hydroxylation sites is 6. The Kier molecular flexibility index (Phi) is 5.35. The second kappa shape index (κ2) is 9.93. The Hall–Kier alpha value is -6.65. The van der Waals surface area contributed by atoms with Crippen molar-refractivity contribution < 1.29 is 13.3 Å². The van der Waals surface area contributed by atoms with Gasteiger partial charge in [-0.25, -0.2) is 4.98 Å². The summed E-state index contributed by atoms with van der Waals surface area (Å²) in [5.74, 6) is 0. The van der Waals surface area contributed by atoms with Gasteiger partial charge in [0.15, 0.2) is 0 Å². The molecule has 0 fully saturated rings. The van der Waals surface area contributed by atoms with Crippen molar-refractivity contribution in [3.8, 4) is 33.5 Å². The number of pyridine rings is 1. The van der Waals surface area contributed by atoms with Crippen LogP contribution in [0.25, 0.3) is 110 Å². The van der Waals surface area contributed by atoms with Gasteiger partial charge in [0, 0.05) is 49.0 Å². The summed E-state index contributed by atoms with van der Waals surface area (Å²) in [6.07, 6.45) is 0.